The van der Waals surface area contributed by atoms with Crippen molar-refractivity contribution in [2.45, 2.75) is 6.42 Å². The van der Waals surface area contributed by atoms with Gasteiger partial charge >= 0.3 is 0 Å². The van der Waals surface area contributed by atoms with Crippen LogP contribution in [-0.4, -0.2) is 44.1 Å². The predicted molar refractivity (Wildman–Crippen MR) is 297 cm³/mol. The molecule has 1 aliphatic carbocycles. The topological polar surface area (TPSA) is 92.1 Å². The summed E-state index contributed by atoms with van der Waals surface area (Å²) >= 11 is 3.47. The van der Waals surface area contributed by atoms with Crippen LogP contribution in [0, 0.1) is 0 Å². The van der Waals surface area contributed by atoms with Gasteiger partial charge in [0.2, 0.25) is 0 Å². The number of aromatic nitrogens is 9. The van der Waals surface area contributed by atoms with E-state index in [1.165, 1.54) is 44.1 Å². The number of fused-ring (bicyclic) bond motifs is 6. The Morgan fingerprint density at radius 3 is 1.08 bits per heavy atom. The van der Waals surface area contributed by atoms with Gasteiger partial charge in [0.15, 0.2) is 23.3 Å². The molecule has 5 aromatic heterocycles. The van der Waals surface area contributed by atoms with Crippen LogP contribution in [0.4, 0.5) is 0 Å². The number of hydrogen-bond donors (Lipinski definition) is 0. The third kappa shape index (κ3) is 8.92. The first-order valence-electron chi connectivity index (χ1n) is 24.0. The van der Waals surface area contributed by atoms with Crippen LogP contribution in [-0.2, 0) is 6.42 Å². The van der Waals surface area contributed by atoms with Gasteiger partial charge in [0.05, 0.1) is 22.4 Å². The Bertz CT molecular complexity index is 3890. The molecule has 348 valence electrons. The molecule has 0 spiro atoms. The minimum Gasteiger partial charge on any atom is -0.309 e. The van der Waals surface area contributed by atoms with E-state index in [0.717, 1.165) is 73.5 Å². The largest absolute Gasteiger partial charge is 0.309 e. The van der Waals surface area contributed by atoms with Crippen molar-refractivity contribution in [3.8, 4) is 73.7 Å². The van der Waals surface area contributed by atoms with Crippen LogP contribution < -0.4 is 0 Å². The third-order valence-corrected chi connectivity index (χ3v) is 13.5. The maximum absolute atomic E-state index is 4.62. The fourth-order valence-corrected chi connectivity index (χ4v) is 9.87. The molecule has 0 aliphatic heterocycles. The summed E-state index contributed by atoms with van der Waals surface area (Å²) in [6, 6.07) is 79.1. The van der Waals surface area contributed by atoms with Crippen molar-refractivity contribution in [3.05, 3.63) is 271 Å². The second-order valence-electron chi connectivity index (χ2n) is 17.4. The molecule has 13 aromatic rings. The van der Waals surface area contributed by atoms with E-state index in [-0.39, 0.29) is 0 Å². The zero-order chi connectivity index (χ0) is 48.9. The maximum Gasteiger partial charge on any atom is 0.168 e. The molecule has 5 heterocycles. The molecule has 73 heavy (non-hydrogen) atoms. The lowest BCUT2D eigenvalue weighted by Gasteiger charge is -2.12. The van der Waals surface area contributed by atoms with Gasteiger partial charge in [0, 0.05) is 68.0 Å². The van der Waals surface area contributed by atoms with Gasteiger partial charge in [-0.25, -0.2) is 0 Å². The number of para-hydroxylation sites is 2. The SMILES string of the molecule is Brc1ccc(-c2nnc(-c3ccccc3)n2-c2ccncc2)cc1.c1ccc(-c2nnc(-c3ccc(-n4c5ccccc5c5ccccc54)cc3)n2-c2ccncc2)cc1.c1ccc2c(c1)Cc1ccccc1-2. The Morgan fingerprint density at radius 2 is 0.644 bits per heavy atom. The molecule has 0 saturated carbocycles. The molecule has 0 radical (unpaired) electrons. The van der Waals surface area contributed by atoms with Crippen LogP contribution in [0.5, 0.6) is 0 Å². The molecule has 0 saturated heterocycles. The zero-order valence-electron chi connectivity index (χ0n) is 39.4. The van der Waals surface area contributed by atoms with Gasteiger partial charge in [0.25, 0.3) is 0 Å². The minimum atomic E-state index is 0.786. The quantitative estimate of drug-likeness (QED) is 0.158. The van der Waals surface area contributed by atoms with E-state index in [2.05, 4.69) is 193 Å². The number of benzene rings is 8. The van der Waals surface area contributed by atoms with Crippen LogP contribution in [0.15, 0.2) is 260 Å². The smallest absolute Gasteiger partial charge is 0.168 e. The molecule has 0 bridgehead atoms. The van der Waals surface area contributed by atoms with Crippen molar-refractivity contribution < 1.29 is 0 Å². The first-order valence-corrected chi connectivity index (χ1v) is 24.8. The van der Waals surface area contributed by atoms with Gasteiger partial charge in [-0.3, -0.25) is 19.1 Å². The molecule has 0 N–H and O–H groups in total. The van der Waals surface area contributed by atoms with Crippen LogP contribution >= 0.6 is 15.9 Å². The second kappa shape index (κ2) is 20.2. The fraction of sp³-hybridized carbons (Fsp3) is 0.0159. The lowest BCUT2D eigenvalue weighted by atomic mass is 10.1. The standard InChI is InChI=1S/C31H21N5.C19H13BrN4.C13H10/c1-2-8-22(9-3-1)30-33-34-31(36(30)25-18-20-32-21-19-25)23-14-16-24(17-15-23)35-28-12-6-4-10-26(28)27-11-5-7-13-29(27)35;20-16-8-6-15(7-9-16)19-23-22-18(14-4-2-1-3-5-14)24(19)17-10-12-21-13-11-17;1-3-7-12-10(5-1)9-11-6-2-4-8-13(11)12/h1-21H;1-13H;1-8H,9H2. The van der Waals surface area contributed by atoms with Crippen molar-refractivity contribution in [1.29, 1.82) is 0 Å². The summed E-state index contributed by atoms with van der Waals surface area (Å²) in [4.78, 5) is 8.30. The van der Waals surface area contributed by atoms with Crippen LogP contribution in [0.2, 0.25) is 0 Å². The van der Waals surface area contributed by atoms with Gasteiger partial charge in [0.1, 0.15) is 0 Å². The zero-order valence-corrected chi connectivity index (χ0v) is 40.9. The van der Waals surface area contributed by atoms with E-state index in [0.29, 0.717) is 0 Å². The molecule has 0 fully saturated rings. The first-order chi connectivity index (χ1) is 36.2. The first kappa shape index (κ1) is 44.8. The highest BCUT2D eigenvalue weighted by atomic mass is 79.9. The number of halogens is 1. The highest BCUT2D eigenvalue weighted by Gasteiger charge is 2.20. The van der Waals surface area contributed by atoms with Gasteiger partial charge in [-0.15, -0.1) is 20.4 Å². The molecule has 0 amide bonds. The van der Waals surface area contributed by atoms with Crippen LogP contribution in [0.1, 0.15) is 11.1 Å². The summed E-state index contributed by atoms with van der Waals surface area (Å²) in [6.07, 6.45) is 8.23. The summed E-state index contributed by atoms with van der Waals surface area (Å²) in [7, 11) is 0. The summed E-state index contributed by atoms with van der Waals surface area (Å²) in [5.41, 5.74) is 15.2. The maximum atomic E-state index is 4.62. The predicted octanol–water partition coefficient (Wildman–Crippen LogP) is 15.1. The number of hydrogen-bond acceptors (Lipinski definition) is 6. The van der Waals surface area contributed by atoms with Crippen LogP contribution in [0.3, 0.4) is 0 Å². The highest BCUT2D eigenvalue weighted by Crippen LogP contribution is 2.37. The Balaban J connectivity index is 0.000000125. The molecular weight excluding hydrogens is 963 g/mol. The average molecular weight is 1010 g/mol. The molecule has 8 aromatic carbocycles. The van der Waals surface area contributed by atoms with Crippen molar-refractivity contribution in [1.82, 2.24) is 44.1 Å². The average Bonchev–Trinajstić information content (AvgIpc) is 4.28. The van der Waals surface area contributed by atoms with E-state index in [9.17, 15) is 0 Å². The van der Waals surface area contributed by atoms with Crippen molar-refractivity contribution in [3.63, 3.8) is 0 Å². The lowest BCUT2D eigenvalue weighted by molar-refractivity contribution is 1.06. The minimum absolute atomic E-state index is 0.786. The third-order valence-electron chi connectivity index (χ3n) is 13.0. The van der Waals surface area contributed by atoms with Crippen LogP contribution in [0.25, 0.3) is 95.5 Å². The van der Waals surface area contributed by atoms with Gasteiger partial charge < -0.3 is 4.57 Å². The number of nitrogens with zero attached hydrogens (tertiary/aromatic N) is 9. The van der Waals surface area contributed by atoms with Gasteiger partial charge in [-0.05, 0) is 101 Å². The Hall–Kier alpha value is -9.38. The van der Waals surface area contributed by atoms with Crippen molar-refractivity contribution in [2.75, 3.05) is 0 Å². The van der Waals surface area contributed by atoms with Crippen molar-refractivity contribution >= 4 is 37.7 Å². The van der Waals surface area contributed by atoms with Gasteiger partial charge in [-0.1, -0.05) is 174 Å². The Labute approximate surface area is 430 Å². The van der Waals surface area contributed by atoms with E-state index in [4.69, 9.17) is 0 Å². The summed E-state index contributed by atoms with van der Waals surface area (Å²) in [5, 5.41) is 20.6. The molecule has 1 aliphatic rings. The molecule has 0 atom stereocenters. The highest BCUT2D eigenvalue weighted by molar-refractivity contribution is 9.10. The second-order valence-corrected chi connectivity index (χ2v) is 18.3. The molecule has 0 unspecified atom stereocenters. The van der Waals surface area contributed by atoms with E-state index in [1.54, 1.807) is 24.8 Å². The summed E-state index contributed by atoms with van der Waals surface area (Å²) < 4.78 is 7.49. The normalized spacial score (nSPS) is 11.3. The Kier molecular flexibility index (Phi) is 12.4. The molecule has 10 heteroatoms. The molecule has 9 nitrogen and oxygen atoms in total. The molecular formula is C63H44BrN9. The van der Waals surface area contributed by atoms with Gasteiger partial charge in [-0.2, -0.15) is 0 Å². The monoisotopic (exact) mass is 1010 g/mol. The molecule has 14 rings (SSSR count). The number of rotatable bonds is 7. The lowest BCUT2D eigenvalue weighted by Crippen LogP contribution is -2.01. The summed E-state index contributed by atoms with van der Waals surface area (Å²) in [6.45, 7) is 0. The summed E-state index contributed by atoms with van der Waals surface area (Å²) in [5.74, 6) is 3.18. The fourth-order valence-electron chi connectivity index (χ4n) is 9.60. The van der Waals surface area contributed by atoms with E-state index in [1.807, 2.05) is 97.1 Å². The van der Waals surface area contributed by atoms with E-state index < -0.39 is 0 Å². The number of pyridine rings is 2. The Morgan fingerprint density at radius 1 is 0.301 bits per heavy atom. The van der Waals surface area contributed by atoms with E-state index >= 15 is 0 Å². The van der Waals surface area contributed by atoms with Crippen molar-refractivity contribution in [2.24, 2.45) is 0 Å².